The zero-order valence-electron chi connectivity index (χ0n) is 13.5. The number of hydrogen-bond acceptors (Lipinski definition) is 4. The third-order valence-electron chi connectivity index (χ3n) is 5.02. The highest BCUT2D eigenvalue weighted by Crippen LogP contribution is 2.58. The van der Waals surface area contributed by atoms with Crippen LogP contribution >= 0.6 is 11.3 Å². The van der Waals surface area contributed by atoms with E-state index in [2.05, 4.69) is 5.32 Å². The van der Waals surface area contributed by atoms with Crippen LogP contribution in [-0.2, 0) is 21.4 Å². The van der Waals surface area contributed by atoms with Crippen molar-refractivity contribution in [3.8, 4) is 0 Å². The van der Waals surface area contributed by atoms with Crippen LogP contribution in [0.1, 0.15) is 37.5 Å². The molecule has 2 atom stereocenters. The fourth-order valence-electron chi connectivity index (χ4n) is 3.43. The SMILES string of the molecule is CCCCS(=O)(=O)N1CC[C@@]2(C[C@@H]2C(=O)NCc2cccs2)C1. The van der Waals surface area contributed by atoms with Crippen molar-refractivity contribution in [2.45, 2.75) is 39.2 Å². The van der Waals surface area contributed by atoms with Gasteiger partial charge in [0.2, 0.25) is 15.9 Å². The Labute approximate surface area is 142 Å². The van der Waals surface area contributed by atoms with Gasteiger partial charge in [0.05, 0.1) is 12.3 Å². The Kier molecular flexibility index (Phi) is 4.80. The average Bonchev–Trinajstić information content (AvgIpc) is 2.90. The minimum absolute atomic E-state index is 0.0196. The minimum Gasteiger partial charge on any atom is -0.351 e. The van der Waals surface area contributed by atoms with Gasteiger partial charge in [-0.15, -0.1) is 11.3 Å². The van der Waals surface area contributed by atoms with E-state index in [1.54, 1.807) is 15.6 Å². The molecule has 3 rings (SSSR count). The molecule has 0 radical (unpaired) electrons. The van der Waals surface area contributed by atoms with Crippen LogP contribution in [0.3, 0.4) is 0 Å². The van der Waals surface area contributed by atoms with Gasteiger partial charge in [0, 0.05) is 23.9 Å². The highest BCUT2D eigenvalue weighted by atomic mass is 32.2. The Balaban J connectivity index is 1.52. The molecule has 128 valence electrons. The van der Waals surface area contributed by atoms with Crippen molar-refractivity contribution in [3.63, 3.8) is 0 Å². The van der Waals surface area contributed by atoms with E-state index in [-0.39, 0.29) is 23.0 Å². The fourth-order valence-corrected chi connectivity index (χ4v) is 5.81. The smallest absolute Gasteiger partial charge is 0.224 e. The zero-order chi connectivity index (χ0) is 16.5. The molecule has 0 aromatic carbocycles. The maximum atomic E-state index is 12.3. The van der Waals surface area contributed by atoms with E-state index in [1.165, 1.54) is 0 Å². The second-order valence-electron chi connectivity index (χ2n) is 6.67. The second kappa shape index (κ2) is 6.53. The van der Waals surface area contributed by atoms with E-state index in [1.807, 2.05) is 24.4 Å². The summed E-state index contributed by atoms with van der Waals surface area (Å²) >= 11 is 1.63. The molecule has 1 aromatic rings. The molecule has 5 nitrogen and oxygen atoms in total. The van der Waals surface area contributed by atoms with Gasteiger partial charge in [0.1, 0.15) is 0 Å². The third-order valence-corrected chi connectivity index (χ3v) is 7.80. The molecule has 1 spiro atoms. The maximum absolute atomic E-state index is 12.3. The van der Waals surface area contributed by atoms with Crippen molar-refractivity contribution in [1.29, 1.82) is 0 Å². The molecule has 0 unspecified atom stereocenters. The highest BCUT2D eigenvalue weighted by molar-refractivity contribution is 7.89. The Bertz CT molecular complexity index is 657. The van der Waals surface area contributed by atoms with Gasteiger partial charge in [-0.25, -0.2) is 12.7 Å². The maximum Gasteiger partial charge on any atom is 0.224 e. The average molecular weight is 357 g/mol. The van der Waals surface area contributed by atoms with Crippen LogP contribution < -0.4 is 5.32 Å². The monoisotopic (exact) mass is 356 g/mol. The number of thiophene rings is 1. The fraction of sp³-hybridized carbons (Fsp3) is 0.688. The highest BCUT2D eigenvalue weighted by Gasteiger charge is 2.61. The van der Waals surface area contributed by atoms with Gasteiger partial charge in [-0.1, -0.05) is 19.4 Å². The van der Waals surface area contributed by atoms with E-state index in [0.717, 1.165) is 24.1 Å². The van der Waals surface area contributed by atoms with Gasteiger partial charge in [-0.2, -0.15) is 0 Å². The molecule has 1 aromatic heterocycles. The summed E-state index contributed by atoms with van der Waals surface area (Å²) in [5, 5.41) is 4.99. The van der Waals surface area contributed by atoms with Crippen molar-refractivity contribution in [1.82, 2.24) is 9.62 Å². The van der Waals surface area contributed by atoms with Crippen molar-refractivity contribution < 1.29 is 13.2 Å². The lowest BCUT2D eigenvalue weighted by atomic mass is 10.0. The van der Waals surface area contributed by atoms with Gasteiger partial charge in [0.25, 0.3) is 0 Å². The van der Waals surface area contributed by atoms with Crippen molar-refractivity contribution >= 4 is 27.3 Å². The summed E-state index contributed by atoms with van der Waals surface area (Å²) < 4.78 is 26.2. The normalized spacial score (nSPS) is 27.4. The first-order valence-electron chi connectivity index (χ1n) is 8.25. The number of hydrogen-bond donors (Lipinski definition) is 1. The van der Waals surface area contributed by atoms with Gasteiger partial charge in [-0.3, -0.25) is 4.79 Å². The number of rotatable bonds is 7. The lowest BCUT2D eigenvalue weighted by Crippen LogP contribution is -2.32. The number of nitrogens with one attached hydrogen (secondary N) is 1. The van der Waals surface area contributed by atoms with Gasteiger partial charge in [-0.05, 0) is 36.1 Å². The molecule has 1 aliphatic heterocycles. The first-order valence-corrected chi connectivity index (χ1v) is 10.7. The van der Waals surface area contributed by atoms with Crippen molar-refractivity contribution in [3.05, 3.63) is 22.4 Å². The van der Waals surface area contributed by atoms with Crippen LogP contribution in [0.2, 0.25) is 0 Å². The Morgan fingerprint density at radius 1 is 1.52 bits per heavy atom. The van der Waals surface area contributed by atoms with Gasteiger partial charge < -0.3 is 5.32 Å². The Morgan fingerprint density at radius 3 is 3.04 bits per heavy atom. The zero-order valence-corrected chi connectivity index (χ0v) is 15.1. The molecule has 0 bridgehead atoms. The molecule has 7 heteroatoms. The van der Waals surface area contributed by atoms with E-state index < -0.39 is 10.0 Å². The summed E-state index contributed by atoms with van der Waals surface area (Å²) in [6.07, 6.45) is 3.22. The minimum atomic E-state index is -3.15. The van der Waals surface area contributed by atoms with Crippen molar-refractivity contribution in [2.24, 2.45) is 11.3 Å². The Hall–Kier alpha value is -0.920. The quantitative estimate of drug-likeness (QED) is 0.814. The number of carbonyl (C=O) groups excluding carboxylic acids is 1. The number of nitrogens with zero attached hydrogens (tertiary/aromatic N) is 1. The van der Waals surface area contributed by atoms with Crippen LogP contribution in [-0.4, -0.2) is 37.5 Å². The van der Waals surface area contributed by atoms with Crippen LogP contribution in [0.15, 0.2) is 17.5 Å². The third kappa shape index (κ3) is 3.61. The molecule has 2 aliphatic rings. The van der Waals surface area contributed by atoms with Gasteiger partial charge in [0.15, 0.2) is 0 Å². The predicted octanol–water partition coefficient (Wildman–Crippen LogP) is 2.21. The second-order valence-corrected chi connectivity index (χ2v) is 9.79. The van der Waals surface area contributed by atoms with E-state index >= 15 is 0 Å². The molecule has 1 amide bonds. The Morgan fingerprint density at radius 2 is 2.35 bits per heavy atom. The molecule has 1 saturated carbocycles. The molecule has 2 heterocycles. The number of unbranched alkanes of at least 4 members (excludes halogenated alkanes) is 1. The molecule has 1 saturated heterocycles. The number of amides is 1. The first-order chi connectivity index (χ1) is 11.0. The molecular formula is C16H24N2O3S2. The number of carbonyl (C=O) groups is 1. The van der Waals surface area contributed by atoms with Gasteiger partial charge >= 0.3 is 0 Å². The summed E-state index contributed by atoms with van der Waals surface area (Å²) in [4.78, 5) is 13.5. The van der Waals surface area contributed by atoms with E-state index in [0.29, 0.717) is 26.1 Å². The van der Waals surface area contributed by atoms with Crippen LogP contribution in [0, 0.1) is 11.3 Å². The largest absolute Gasteiger partial charge is 0.351 e. The molecule has 1 aliphatic carbocycles. The summed E-state index contributed by atoms with van der Waals surface area (Å²) in [7, 11) is -3.15. The van der Waals surface area contributed by atoms with Crippen LogP contribution in [0.4, 0.5) is 0 Å². The predicted molar refractivity (Wildman–Crippen MR) is 91.6 cm³/mol. The topological polar surface area (TPSA) is 66.5 Å². The summed E-state index contributed by atoms with van der Waals surface area (Å²) in [6, 6.07) is 3.98. The molecule has 1 N–H and O–H groups in total. The van der Waals surface area contributed by atoms with Crippen LogP contribution in [0.25, 0.3) is 0 Å². The molecule has 23 heavy (non-hydrogen) atoms. The summed E-state index contributed by atoms with van der Waals surface area (Å²) in [5.74, 6) is 0.287. The summed E-state index contributed by atoms with van der Waals surface area (Å²) in [5.41, 5.74) is -0.0984. The van der Waals surface area contributed by atoms with Crippen molar-refractivity contribution in [2.75, 3.05) is 18.8 Å². The van der Waals surface area contributed by atoms with E-state index in [9.17, 15) is 13.2 Å². The molecular weight excluding hydrogens is 332 g/mol. The summed E-state index contributed by atoms with van der Waals surface area (Å²) in [6.45, 7) is 3.66. The van der Waals surface area contributed by atoms with E-state index in [4.69, 9.17) is 0 Å². The first kappa shape index (κ1) is 16.9. The lowest BCUT2D eigenvalue weighted by molar-refractivity contribution is -0.123. The lowest BCUT2D eigenvalue weighted by Gasteiger charge is -2.16. The van der Waals surface area contributed by atoms with Crippen LogP contribution in [0.5, 0.6) is 0 Å². The number of sulfonamides is 1. The molecule has 2 fully saturated rings. The standard InChI is InChI=1S/C16H24N2O3S2/c1-2-3-9-23(20,21)18-7-6-16(12-18)10-14(16)15(19)17-11-13-5-4-8-22-13/h4-5,8,14H,2-3,6-7,9-12H2,1H3,(H,17,19)/t14-,16-/m1/s1.